The lowest BCUT2D eigenvalue weighted by Gasteiger charge is -2.01. The van der Waals surface area contributed by atoms with Gasteiger partial charge in [0.25, 0.3) is 0 Å². The molecule has 0 aliphatic carbocycles. The number of rotatable bonds is 3. The van der Waals surface area contributed by atoms with E-state index in [-0.39, 0.29) is 0 Å². The Kier molecular flexibility index (Phi) is 3.28. The quantitative estimate of drug-likeness (QED) is 0.610. The molecule has 0 fully saturated rings. The van der Waals surface area contributed by atoms with Gasteiger partial charge < -0.3 is 4.57 Å². The normalized spacial score (nSPS) is 10.5. The Morgan fingerprint density at radius 3 is 3.00 bits per heavy atom. The smallest absolute Gasteiger partial charge is 0.168 e. The van der Waals surface area contributed by atoms with Gasteiger partial charge in [0.1, 0.15) is 5.15 Å². The van der Waals surface area contributed by atoms with E-state index in [4.69, 9.17) is 11.6 Å². The van der Waals surface area contributed by atoms with Gasteiger partial charge in [-0.25, -0.2) is 9.97 Å². The molecule has 0 spiro atoms. The zero-order valence-electron chi connectivity index (χ0n) is 8.22. The number of hydrogen-bond donors (Lipinski definition) is 0. The van der Waals surface area contributed by atoms with E-state index in [2.05, 4.69) is 9.97 Å². The fourth-order valence-electron chi connectivity index (χ4n) is 1.16. The van der Waals surface area contributed by atoms with Gasteiger partial charge in [-0.1, -0.05) is 29.4 Å². The summed E-state index contributed by atoms with van der Waals surface area (Å²) in [6, 6.07) is 5.64. The maximum Gasteiger partial charge on any atom is 0.168 e. The van der Waals surface area contributed by atoms with Crippen LogP contribution in [0.4, 0.5) is 0 Å². The first-order chi connectivity index (χ1) is 7.25. The molecular formula is C10H10ClN3S. The number of nitrogens with zero attached hydrogens (tertiary/aromatic N) is 3. The van der Waals surface area contributed by atoms with Crippen molar-refractivity contribution in [2.75, 3.05) is 0 Å². The van der Waals surface area contributed by atoms with E-state index in [9.17, 15) is 0 Å². The summed E-state index contributed by atoms with van der Waals surface area (Å²) >= 11 is 7.44. The van der Waals surface area contributed by atoms with Gasteiger partial charge in [0.2, 0.25) is 0 Å². The average molecular weight is 240 g/mol. The molecule has 0 saturated heterocycles. The number of hydrogen-bond acceptors (Lipinski definition) is 3. The van der Waals surface area contributed by atoms with Crippen LogP contribution < -0.4 is 0 Å². The molecule has 0 bridgehead atoms. The molecular weight excluding hydrogens is 230 g/mol. The summed E-state index contributed by atoms with van der Waals surface area (Å²) in [6.07, 6.45) is 3.71. The summed E-state index contributed by atoms with van der Waals surface area (Å²) in [5.41, 5.74) is 0.968. The van der Waals surface area contributed by atoms with Crippen LogP contribution in [0.3, 0.4) is 0 Å². The number of imidazole rings is 1. The van der Waals surface area contributed by atoms with Crippen molar-refractivity contribution in [3.05, 3.63) is 41.4 Å². The molecule has 0 aliphatic rings. The maximum atomic E-state index is 5.80. The maximum absolute atomic E-state index is 5.80. The molecule has 0 aliphatic heterocycles. The van der Waals surface area contributed by atoms with Gasteiger partial charge in [0.15, 0.2) is 5.16 Å². The van der Waals surface area contributed by atoms with Gasteiger partial charge in [-0.3, -0.25) is 0 Å². The van der Waals surface area contributed by atoms with Crippen molar-refractivity contribution in [3.63, 3.8) is 0 Å². The van der Waals surface area contributed by atoms with Gasteiger partial charge in [-0.05, 0) is 12.1 Å². The first kappa shape index (κ1) is 10.5. The molecule has 0 radical (unpaired) electrons. The molecule has 78 valence electrons. The van der Waals surface area contributed by atoms with Crippen LogP contribution in [0, 0.1) is 0 Å². The lowest BCUT2D eigenvalue weighted by Crippen LogP contribution is -1.91. The topological polar surface area (TPSA) is 30.7 Å². The molecule has 0 amide bonds. The van der Waals surface area contributed by atoms with E-state index in [0.717, 1.165) is 16.6 Å². The van der Waals surface area contributed by atoms with E-state index >= 15 is 0 Å². The molecule has 0 atom stereocenters. The highest BCUT2D eigenvalue weighted by molar-refractivity contribution is 7.98. The number of aryl methyl sites for hydroxylation is 1. The molecule has 15 heavy (non-hydrogen) atoms. The van der Waals surface area contributed by atoms with Crippen LogP contribution in [-0.2, 0) is 12.8 Å². The highest BCUT2D eigenvalue weighted by Crippen LogP contribution is 2.19. The van der Waals surface area contributed by atoms with Gasteiger partial charge in [0, 0.05) is 25.2 Å². The zero-order valence-corrected chi connectivity index (χ0v) is 9.79. The van der Waals surface area contributed by atoms with Crippen LogP contribution in [0.25, 0.3) is 0 Å². The van der Waals surface area contributed by atoms with Crippen molar-refractivity contribution in [2.45, 2.75) is 10.9 Å². The molecule has 2 aromatic heterocycles. The Morgan fingerprint density at radius 1 is 1.47 bits per heavy atom. The molecule has 5 heteroatoms. The standard InChI is InChI=1S/C10H10ClN3S/c1-14-6-5-12-10(14)15-7-8-3-2-4-9(11)13-8/h2-6H,7H2,1H3. The second kappa shape index (κ2) is 4.68. The summed E-state index contributed by atoms with van der Waals surface area (Å²) < 4.78 is 1.98. The molecule has 2 aromatic rings. The first-order valence-corrected chi connectivity index (χ1v) is 5.83. The minimum absolute atomic E-state index is 0.535. The van der Waals surface area contributed by atoms with Crippen molar-refractivity contribution in [3.8, 4) is 0 Å². The number of thioether (sulfide) groups is 1. The lowest BCUT2D eigenvalue weighted by molar-refractivity contribution is 0.789. The molecule has 0 aromatic carbocycles. The SMILES string of the molecule is Cn1ccnc1SCc1cccc(Cl)n1. The Balaban J connectivity index is 2.02. The fourth-order valence-corrected chi connectivity index (χ4v) is 2.18. The largest absolute Gasteiger partial charge is 0.329 e. The van der Waals surface area contributed by atoms with E-state index in [1.807, 2.05) is 29.9 Å². The monoisotopic (exact) mass is 239 g/mol. The summed E-state index contributed by atoms with van der Waals surface area (Å²) in [5, 5.41) is 1.52. The summed E-state index contributed by atoms with van der Waals surface area (Å²) in [6.45, 7) is 0. The minimum Gasteiger partial charge on any atom is -0.329 e. The summed E-state index contributed by atoms with van der Waals surface area (Å²) in [5.74, 6) is 0.783. The fraction of sp³-hybridized carbons (Fsp3) is 0.200. The summed E-state index contributed by atoms with van der Waals surface area (Å²) in [4.78, 5) is 8.43. The Hall–Kier alpha value is -1.00. The van der Waals surface area contributed by atoms with Crippen molar-refractivity contribution >= 4 is 23.4 Å². The molecule has 0 N–H and O–H groups in total. The molecule has 0 saturated carbocycles. The highest BCUT2D eigenvalue weighted by atomic mass is 35.5. The van der Waals surface area contributed by atoms with Crippen molar-refractivity contribution < 1.29 is 0 Å². The Bertz CT molecular complexity index is 455. The number of aromatic nitrogens is 3. The van der Waals surface area contributed by atoms with Gasteiger partial charge >= 0.3 is 0 Å². The second-order valence-electron chi connectivity index (χ2n) is 3.06. The van der Waals surface area contributed by atoms with Gasteiger partial charge in [-0.15, -0.1) is 0 Å². The molecule has 0 unspecified atom stereocenters. The molecule has 3 nitrogen and oxygen atoms in total. The highest BCUT2D eigenvalue weighted by Gasteiger charge is 2.01. The van der Waals surface area contributed by atoms with Crippen LogP contribution in [0.5, 0.6) is 0 Å². The Morgan fingerprint density at radius 2 is 2.33 bits per heavy atom. The van der Waals surface area contributed by atoms with Crippen LogP contribution in [-0.4, -0.2) is 14.5 Å². The average Bonchev–Trinajstić information content (AvgIpc) is 2.61. The number of halogens is 1. The third-order valence-electron chi connectivity index (χ3n) is 1.90. The summed E-state index contributed by atoms with van der Waals surface area (Å²) in [7, 11) is 1.97. The third kappa shape index (κ3) is 2.73. The molecule has 2 rings (SSSR count). The van der Waals surface area contributed by atoms with E-state index in [1.165, 1.54) is 0 Å². The van der Waals surface area contributed by atoms with Crippen molar-refractivity contribution in [1.82, 2.24) is 14.5 Å². The van der Waals surface area contributed by atoms with Gasteiger partial charge in [-0.2, -0.15) is 0 Å². The van der Waals surface area contributed by atoms with Crippen molar-refractivity contribution in [1.29, 1.82) is 0 Å². The minimum atomic E-state index is 0.535. The Labute approximate surface area is 97.5 Å². The van der Waals surface area contributed by atoms with Crippen LogP contribution in [0.15, 0.2) is 35.7 Å². The molecule has 2 heterocycles. The van der Waals surface area contributed by atoms with E-state index < -0.39 is 0 Å². The third-order valence-corrected chi connectivity index (χ3v) is 3.20. The number of pyridine rings is 1. The first-order valence-electron chi connectivity index (χ1n) is 4.47. The predicted molar refractivity (Wildman–Crippen MR) is 62.0 cm³/mol. The lowest BCUT2D eigenvalue weighted by atomic mass is 10.4. The predicted octanol–water partition coefficient (Wildman–Crippen LogP) is 2.76. The van der Waals surface area contributed by atoms with Crippen LogP contribution >= 0.6 is 23.4 Å². The van der Waals surface area contributed by atoms with Gasteiger partial charge in [0.05, 0.1) is 5.69 Å². The van der Waals surface area contributed by atoms with E-state index in [1.54, 1.807) is 24.0 Å². The second-order valence-corrected chi connectivity index (χ2v) is 4.39. The van der Waals surface area contributed by atoms with Crippen molar-refractivity contribution in [2.24, 2.45) is 7.05 Å². The van der Waals surface area contributed by atoms with E-state index in [0.29, 0.717) is 5.15 Å². The van der Waals surface area contributed by atoms with Crippen LogP contribution in [0.1, 0.15) is 5.69 Å². The zero-order chi connectivity index (χ0) is 10.7. The van der Waals surface area contributed by atoms with Crippen LogP contribution in [0.2, 0.25) is 5.15 Å².